The van der Waals surface area contributed by atoms with Gasteiger partial charge in [0, 0.05) is 23.1 Å². The van der Waals surface area contributed by atoms with Gasteiger partial charge in [-0.05, 0) is 55.8 Å². The number of rotatable bonds is 8. The number of amides is 1. The Morgan fingerprint density at radius 2 is 1.93 bits per heavy atom. The lowest BCUT2D eigenvalue weighted by Gasteiger charge is -2.11. The number of aromatic nitrogens is 1. The Morgan fingerprint density at radius 1 is 1.17 bits per heavy atom. The zero-order chi connectivity index (χ0) is 20.8. The van der Waals surface area contributed by atoms with Crippen LogP contribution in [-0.4, -0.2) is 16.7 Å². The molecular weight excluding hydrogens is 391 g/mol. The van der Waals surface area contributed by atoms with Crippen LogP contribution in [0.25, 0.3) is 10.6 Å². The Kier molecular flexibility index (Phi) is 6.72. The molecule has 0 aliphatic rings. The van der Waals surface area contributed by atoms with E-state index in [1.54, 1.807) is 30.3 Å². The van der Waals surface area contributed by atoms with Gasteiger partial charge in [0.2, 0.25) is 5.91 Å². The van der Waals surface area contributed by atoms with Gasteiger partial charge in [-0.25, -0.2) is 9.37 Å². The van der Waals surface area contributed by atoms with Gasteiger partial charge < -0.3 is 10.1 Å². The number of hydrogen-bond acceptors (Lipinski definition) is 5. The van der Waals surface area contributed by atoms with Gasteiger partial charge >= 0.3 is 0 Å². The third kappa shape index (κ3) is 5.48. The molecule has 5 nitrogen and oxygen atoms in total. The molecule has 0 fully saturated rings. The highest BCUT2D eigenvalue weighted by atomic mass is 32.1. The standard InChI is InChI=1S/C22H21FN2O3S/c1-3-4-21(27)24-17-9-10-20(19(11-17)14(2)26)28-12-18-13-29-22(25-18)15-5-7-16(23)8-6-15/h5-11,13H,3-4,12H2,1-2H3,(H,24,27). The molecule has 3 aromatic rings. The molecule has 7 heteroatoms. The summed E-state index contributed by atoms with van der Waals surface area (Å²) in [5, 5.41) is 5.41. The highest BCUT2D eigenvalue weighted by Gasteiger charge is 2.13. The van der Waals surface area contributed by atoms with Gasteiger partial charge in [0.1, 0.15) is 23.2 Å². The van der Waals surface area contributed by atoms with Gasteiger partial charge in [0.05, 0.1) is 11.3 Å². The van der Waals surface area contributed by atoms with E-state index >= 15 is 0 Å². The van der Waals surface area contributed by atoms with Crippen molar-refractivity contribution in [3.05, 3.63) is 64.9 Å². The molecule has 1 N–H and O–H groups in total. The lowest BCUT2D eigenvalue weighted by molar-refractivity contribution is -0.116. The third-order valence-corrected chi connectivity index (χ3v) is 5.08. The van der Waals surface area contributed by atoms with Crippen LogP contribution in [0, 0.1) is 5.82 Å². The van der Waals surface area contributed by atoms with Crippen molar-refractivity contribution in [1.29, 1.82) is 0 Å². The minimum atomic E-state index is -0.292. The maximum Gasteiger partial charge on any atom is 0.224 e. The second-order valence-corrected chi connectivity index (χ2v) is 7.36. The van der Waals surface area contributed by atoms with Crippen molar-refractivity contribution < 1.29 is 18.7 Å². The molecule has 1 heterocycles. The Bertz CT molecular complexity index is 1020. The maximum atomic E-state index is 13.1. The number of carbonyl (C=O) groups is 2. The number of benzene rings is 2. The zero-order valence-electron chi connectivity index (χ0n) is 16.2. The van der Waals surface area contributed by atoms with Crippen molar-refractivity contribution >= 4 is 28.7 Å². The number of ether oxygens (including phenoxy) is 1. The predicted octanol–water partition coefficient (Wildman–Crippen LogP) is 5.47. The monoisotopic (exact) mass is 412 g/mol. The van der Waals surface area contributed by atoms with Crippen molar-refractivity contribution in [3.8, 4) is 16.3 Å². The molecule has 150 valence electrons. The number of anilines is 1. The molecular formula is C22H21FN2O3S. The van der Waals surface area contributed by atoms with E-state index < -0.39 is 0 Å². The van der Waals surface area contributed by atoms with Gasteiger partial charge in [-0.1, -0.05) is 6.92 Å². The average molecular weight is 412 g/mol. The quantitative estimate of drug-likeness (QED) is 0.498. The molecule has 1 aromatic heterocycles. The summed E-state index contributed by atoms with van der Waals surface area (Å²) in [6.07, 6.45) is 1.17. The maximum absolute atomic E-state index is 13.1. The highest BCUT2D eigenvalue weighted by molar-refractivity contribution is 7.13. The molecule has 29 heavy (non-hydrogen) atoms. The molecule has 2 aromatic carbocycles. The second kappa shape index (κ2) is 9.43. The third-order valence-electron chi connectivity index (χ3n) is 4.14. The molecule has 1 amide bonds. The summed E-state index contributed by atoms with van der Waals surface area (Å²) in [5.41, 5.74) is 2.50. The van der Waals surface area contributed by atoms with Crippen LogP contribution in [0.15, 0.2) is 47.8 Å². The molecule has 0 radical (unpaired) electrons. The average Bonchev–Trinajstić information content (AvgIpc) is 3.16. The Hall–Kier alpha value is -3.06. The Morgan fingerprint density at radius 3 is 2.62 bits per heavy atom. The molecule has 0 saturated heterocycles. The minimum Gasteiger partial charge on any atom is -0.487 e. The zero-order valence-corrected chi connectivity index (χ0v) is 17.0. The van der Waals surface area contributed by atoms with Crippen molar-refractivity contribution in [1.82, 2.24) is 4.98 Å². The number of Topliss-reactive ketones (excluding diaryl/α,β-unsaturated/α-hetero) is 1. The van der Waals surface area contributed by atoms with E-state index in [1.165, 1.54) is 30.4 Å². The van der Waals surface area contributed by atoms with Crippen molar-refractivity contribution in [2.24, 2.45) is 0 Å². The second-order valence-electron chi connectivity index (χ2n) is 6.50. The van der Waals surface area contributed by atoms with E-state index in [2.05, 4.69) is 10.3 Å². The first-order chi connectivity index (χ1) is 14.0. The fourth-order valence-electron chi connectivity index (χ4n) is 2.71. The number of halogens is 1. The number of hydrogen-bond donors (Lipinski definition) is 1. The largest absolute Gasteiger partial charge is 0.487 e. The molecule has 0 atom stereocenters. The van der Waals surface area contributed by atoms with Crippen LogP contribution in [0.1, 0.15) is 42.7 Å². The van der Waals surface area contributed by atoms with E-state index in [0.717, 1.165) is 17.0 Å². The molecule has 0 aliphatic carbocycles. The number of nitrogens with one attached hydrogen (secondary N) is 1. The molecule has 0 saturated carbocycles. The van der Waals surface area contributed by atoms with E-state index in [9.17, 15) is 14.0 Å². The number of thiazole rings is 1. The summed E-state index contributed by atoms with van der Waals surface area (Å²) in [6.45, 7) is 3.58. The predicted molar refractivity (Wildman–Crippen MR) is 112 cm³/mol. The van der Waals surface area contributed by atoms with Crippen LogP contribution < -0.4 is 10.1 Å². The topological polar surface area (TPSA) is 68.3 Å². The SMILES string of the molecule is CCCC(=O)Nc1ccc(OCc2csc(-c3ccc(F)cc3)n2)c(C(C)=O)c1. The normalized spacial score (nSPS) is 10.6. The van der Waals surface area contributed by atoms with Crippen molar-refractivity contribution in [2.45, 2.75) is 33.3 Å². The fourth-order valence-corrected chi connectivity index (χ4v) is 3.52. The summed E-state index contributed by atoms with van der Waals surface area (Å²) >= 11 is 1.44. The first-order valence-corrected chi connectivity index (χ1v) is 10.1. The van der Waals surface area contributed by atoms with Gasteiger partial charge in [-0.2, -0.15) is 0 Å². The Labute approximate surface area is 172 Å². The molecule has 0 unspecified atom stereocenters. The lowest BCUT2D eigenvalue weighted by atomic mass is 10.1. The highest BCUT2D eigenvalue weighted by Crippen LogP contribution is 2.27. The van der Waals surface area contributed by atoms with Gasteiger partial charge in [0.25, 0.3) is 0 Å². The van der Waals surface area contributed by atoms with E-state index in [0.29, 0.717) is 29.1 Å². The first kappa shape index (κ1) is 20.7. The van der Waals surface area contributed by atoms with Gasteiger partial charge in [-0.15, -0.1) is 11.3 Å². The van der Waals surface area contributed by atoms with Crippen LogP contribution in [0.3, 0.4) is 0 Å². The fraction of sp³-hybridized carbons (Fsp3) is 0.227. The molecule has 3 rings (SSSR count). The minimum absolute atomic E-state index is 0.0912. The first-order valence-electron chi connectivity index (χ1n) is 9.24. The summed E-state index contributed by atoms with van der Waals surface area (Å²) < 4.78 is 18.9. The molecule has 0 bridgehead atoms. The van der Waals surface area contributed by atoms with Crippen LogP contribution in [0.5, 0.6) is 5.75 Å². The summed E-state index contributed by atoms with van der Waals surface area (Å²) in [6, 6.07) is 11.2. The number of nitrogens with zero attached hydrogens (tertiary/aromatic N) is 1. The van der Waals surface area contributed by atoms with Crippen LogP contribution in [-0.2, 0) is 11.4 Å². The number of ketones is 1. The molecule has 0 spiro atoms. The van der Waals surface area contributed by atoms with Crippen molar-refractivity contribution in [2.75, 3.05) is 5.32 Å². The lowest BCUT2D eigenvalue weighted by Crippen LogP contribution is -2.11. The Balaban J connectivity index is 1.70. The van der Waals surface area contributed by atoms with Crippen molar-refractivity contribution in [3.63, 3.8) is 0 Å². The summed E-state index contributed by atoms with van der Waals surface area (Å²) in [4.78, 5) is 28.3. The van der Waals surface area contributed by atoms with Gasteiger partial charge in [0.15, 0.2) is 5.78 Å². The summed E-state index contributed by atoms with van der Waals surface area (Å²) in [5.74, 6) is -0.106. The molecule has 0 aliphatic heterocycles. The summed E-state index contributed by atoms with van der Waals surface area (Å²) in [7, 11) is 0. The van der Waals surface area contributed by atoms with Gasteiger partial charge in [-0.3, -0.25) is 9.59 Å². The number of carbonyl (C=O) groups excluding carboxylic acids is 2. The van der Waals surface area contributed by atoms with E-state index in [-0.39, 0.29) is 24.1 Å². The van der Waals surface area contributed by atoms with E-state index in [4.69, 9.17) is 4.74 Å². The van der Waals surface area contributed by atoms with Crippen LogP contribution in [0.4, 0.5) is 10.1 Å². The van der Waals surface area contributed by atoms with E-state index in [1.807, 2.05) is 12.3 Å². The van der Waals surface area contributed by atoms with Crippen LogP contribution >= 0.6 is 11.3 Å². The van der Waals surface area contributed by atoms with Crippen LogP contribution in [0.2, 0.25) is 0 Å². The smallest absolute Gasteiger partial charge is 0.224 e.